The number of pyridine rings is 1. The molecule has 2 rings (SSSR count). The molecule has 9 heteroatoms. The van der Waals surface area contributed by atoms with Gasteiger partial charge in [0.15, 0.2) is 0 Å². The summed E-state index contributed by atoms with van der Waals surface area (Å²) < 4.78 is 11.8. The van der Waals surface area contributed by atoms with Crippen molar-refractivity contribution in [2.45, 2.75) is 3.79 Å². The SMILES string of the molecule is O=C(NNc1cc(C(Cl)(Cl)Cl)cc(Cl)n1)c1ccccc1F. The van der Waals surface area contributed by atoms with E-state index in [0.29, 0.717) is 0 Å². The molecule has 0 saturated carbocycles. The van der Waals surface area contributed by atoms with Crippen molar-refractivity contribution in [1.29, 1.82) is 0 Å². The Balaban J connectivity index is 2.14. The lowest BCUT2D eigenvalue weighted by Crippen LogP contribution is -2.30. The Bertz CT molecular complexity index is 706. The normalized spacial score (nSPS) is 11.1. The van der Waals surface area contributed by atoms with Gasteiger partial charge in [-0.3, -0.25) is 15.6 Å². The first-order valence-electron chi connectivity index (χ1n) is 5.83. The van der Waals surface area contributed by atoms with E-state index in [1.165, 1.54) is 36.4 Å². The Morgan fingerprint density at radius 3 is 2.50 bits per heavy atom. The molecular formula is C13H8Cl4FN3O. The van der Waals surface area contributed by atoms with Gasteiger partial charge in [-0.2, -0.15) is 0 Å². The second-order valence-corrected chi connectivity index (χ2v) is 6.79. The highest BCUT2D eigenvalue weighted by atomic mass is 35.6. The lowest BCUT2D eigenvalue weighted by Gasteiger charge is -2.14. The third kappa shape index (κ3) is 4.36. The molecule has 0 atom stereocenters. The van der Waals surface area contributed by atoms with E-state index in [2.05, 4.69) is 15.8 Å². The summed E-state index contributed by atoms with van der Waals surface area (Å²) in [6.07, 6.45) is 0. The minimum Gasteiger partial charge on any atom is -0.282 e. The lowest BCUT2D eigenvalue weighted by atomic mass is 10.2. The van der Waals surface area contributed by atoms with E-state index in [9.17, 15) is 9.18 Å². The average Bonchev–Trinajstić information content (AvgIpc) is 2.44. The van der Waals surface area contributed by atoms with Crippen LogP contribution in [0.15, 0.2) is 36.4 Å². The van der Waals surface area contributed by atoms with Crippen LogP contribution in [0.4, 0.5) is 10.2 Å². The molecule has 0 aliphatic rings. The van der Waals surface area contributed by atoms with Crippen LogP contribution in [0.5, 0.6) is 0 Å². The van der Waals surface area contributed by atoms with E-state index in [-0.39, 0.29) is 22.1 Å². The number of hydrogen-bond acceptors (Lipinski definition) is 3. The molecule has 0 aliphatic heterocycles. The summed E-state index contributed by atoms with van der Waals surface area (Å²) in [7, 11) is 0. The van der Waals surface area contributed by atoms with Gasteiger partial charge in [-0.25, -0.2) is 9.37 Å². The van der Waals surface area contributed by atoms with E-state index in [4.69, 9.17) is 46.4 Å². The first-order valence-corrected chi connectivity index (χ1v) is 7.34. The van der Waals surface area contributed by atoms with Gasteiger partial charge in [0, 0.05) is 5.56 Å². The number of anilines is 1. The molecule has 0 bridgehead atoms. The maximum absolute atomic E-state index is 13.5. The summed E-state index contributed by atoms with van der Waals surface area (Å²) >= 11 is 23.1. The largest absolute Gasteiger partial charge is 0.282 e. The van der Waals surface area contributed by atoms with Crippen LogP contribution in [0.1, 0.15) is 15.9 Å². The Hall–Kier alpha value is -1.27. The number of benzene rings is 1. The first-order chi connectivity index (χ1) is 10.3. The van der Waals surface area contributed by atoms with E-state index in [0.717, 1.165) is 0 Å². The van der Waals surface area contributed by atoms with Gasteiger partial charge in [-0.15, -0.1) is 0 Å². The van der Waals surface area contributed by atoms with Gasteiger partial charge >= 0.3 is 0 Å². The number of halogens is 5. The number of nitrogens with zero attached hydrogens (tertiary/aromatic N) is 1. The average molecular weight is 383 g/mol. The highest BCUT2D eigenvalue weighted by Crippen LogP contribution is 2.39. The summed E-state index contributed by atoms with van der Waals surface area (Å²) in [5.41, 5.74) is 4.91. The molecule has 2 aromatic rings. The number of carbonyl (C=O) groups is 1. The van der Waals surface area contributed by atoms with Crippen molar-refractivity contribution in [3.8, 4) is 0 Å². The van der Waals surface area contributed by atoms with Crippen molar-refractivity contribution in [2.75, 3.05) is 5.43 Å². The zero-order valence-corrected chi connectivity index (χ0v) is 13.7. The van der Waals surface area contributed by atoms with Gasteiger partial charge in [0.05, 0.1) is 5.56 Å². The molecule has 1 heterocycles. The van der Waals surface area contributed by atoms with E-state index in [1.807, 2.05) is 0 Å². The van der Waals surface area contributed by atoms with Crippen molar-refractivity contribution in [3.63, 3.8) is 0 Å². The highest BCUT2D eigenvalue weighted by Gasteiger charge is 2.24. The van der Waals surface area contributed by atoms with Crippen molar-refractivity contribution in [3.05, 3.63) is 58.5 Å². The molecule has 116 valence electrons. The number of aromatic nitrogens is 1. The number of amides is 1. The molecule has 2 N–H and O–H groups in total. The van der Waals surface area contributed by atoms with Gasteiger partial charge < -0.3 is 0 Å². The number of alkyl halides is 3. The lowest BCUT2D eigenvalue weighted by molar-refractivity contribution is 0.0958. The molecule has 0 spiro atoms. The second-order valence-electron chi connectivity index (χ2n) is 4.12. The Morgan fingerprint density at radius 1 is 1.18 bits per heavy atom. The highest BCUT2D eigenvalue weighted by molar-refractivity contribution is 6.66. The van der Waals surface area contributed by atoms with E-state index < -0.39 is 15.5 Å². The summed E-state index contributed by atoms with van der Waals surface area (Å²) in [5, 5.41) is 0.0615. The Labute approximate surface area is 145 Å². The maximum Gasteiger partial charge on any atom is 0.272 e. The van der Waals surface area contributed by atoms with E-state index >= 15 is 0 Å². The number of rotatable bonds is 3. The van der Waals surface area contributed by atoms with Crippen LogP contribution in [0.25, 0.3) is 0 Å². The summed E-state index contributed by atoms with van der Waals surface area (Å²) in [6, 6.07) is 8.29. The molecule has 0 fully saturated rings. The van der Waals surface area contributed by atoms with Crippen LogP contribution in [0, 0.1) is 5.82 Å². The maximum atomic E-state index is 13.5. The fourth-order valence-corrected chi connectivity index (χ4v) is 2.09. The number of carbonyl (C=O) groups excluding carboxylic acids is 1. The van der Waals surface area contributed by atoms with Crippen LogP contribution in [-0.4, -0.2) is 10.9 Å². The summed E-state index contributed by atoms with van der Waals surface area (Å²) in [5.74, 6) is -1.20. The third-order valence-electron chi connectivity index (χ3n) is 2.54. The summed E-state index contributed by atoms with van der Waals surface area (Å²) in [4.78, 5) is 15.8. The molecule has 0 unspecified atom stereocenters. The van der Waals surface area contributed by atoms with Crippen LogP contribution in [-0.2, 0) is 3.79 Å². The summed E-state index contributed by atoms with van der Waals surface area (Å²) in [6.45, 7) is 0. The molecule has 22 heavy (non-hydrogen) atoms. The minimum atomic E-state index is -1.70. The quantitative estimate of drug-likeness (QED) is 0.468. The molecule has 4 nitrogen and oxygen atoms in total. The topological polar surface area (TPSA) is 54.0 Å². The van der Waals surface area contributed by atoms with Crippen molar-refractivity contribution < 1.29 is 9.18 Å². The Kier molecular flexibility index (Phi) is 5.34. The van der Waals surface area contributed by atoms with E-state index in [1.54, 1.807) is 0 Å². The molecule has 1 aromatic carbocycles. The molecular weight excluding hydrogens is 375 g/mol. The first kappa shape index (κ1) is 17.1. The van der Waals surface area contributed by atoms with Gasteiger partial charge in [0.1, 0.15) is 16.8 Å². The van der Waals surface area contributed by atoms with Crippen molar-refractivity contribution >= 4 is 58.1 Å². The molecule has 0 radical (unpaired) electrons. The Morgan fingerprint density at radius 2 is 1.86 bits per heavy atom. The fraction of sp³-hybridized carbons (Fsp3) is 0.0769. The minimum absolute atomic E-state index is 0.0615. The number of nitrogens with one attached hydrogen (secondary N) is 2. The molecule has 1 amide bonds. The van der Waals surface area contributed by atoms with Crippen LogP contribution >= 0.6 is 46.4 Å². The molecule has 0 aliphatic carbocycles. The molecule has 0 saturated heterocycles. The number of hydrogen-bond donors (Lipinski definition) is 2. The third-order valence-corrected chi connectivity index (χ3v) is 3.39. The fourth-order valence-electron chi connectivity index (χ4n) is 1.56. The van der Waals surface area contributed by atoms with Crippen LogP contribution < -0.4 is 10.9 Å². The standard InChI is InChI=1S/C13H8Cl4FN3O/c14-10-5-7(13(15,16)17)6-11(19-10)20-21-12(22)8-3-1-2-4-9(8)18/h1-6H,(H,19,20)(H,21,22). The van der Waals surface area contributed by atoms with Crippen molar-refractivity contribution in [1.82, 2.24) is 10.4 Å². The van der Waals surface area contributed by atoms with Gasteiger partial charge in [-0.1, -0.05) is 58.5 Å². The van der Waals surface area contributed by atoms with Gasteiger partial charge in [-0.05, 0) is 24.3 Å². The zero-order valence-electron chi connectivity index (χ0n) is 10.7. The van der Waals surface area contributed by atoms with Crippen molar-refractivity contribution in [2.24, 2.45) is 0 Å². The zero-order chi connectivity index (χ0) is 16.3. The van der Waals surface area contributed by atoms with Gasteiger partial charge in [0.2, 0.25) is 3.79 Å². The van der Waals surface area contributed by atoms with Crippen LogP contribution in [0.2, 0.25) is 5.15 Å². The van der Waals surface area contributed by atoms with Crippen LogP contribution in [0.3, 0.4) is 0 Å². The number of hydrazine groups is 1. The van der Waals surface area contributed by atoms with Gasteiger partial charge in [0.25, 0.3) is 5.91 Å². The molecule has 1 aromatic heterocycles. The predicted molar refractivity (Wildman–Crippen MR) is 86.0 cm³/mol. The smallest absolute Gasteiger partial charge is 0.272 e. The monoisotopic (exact) mass is 381 g/mol. The predicted octanol–water partition coefficient (Wildman–Crippen LogP) is 4.46. The second kappa shape index (κ2) is 6.87.